The molecule has 7 aromatic carbocycles. The molecule has 1 aromatic heterocycles. The zero-order chi connectivity index (χ0) is 27.4. The second-order valence-corrected chi connectivity index (χ2v) is 11.6. The van der Waals surface area contributed by atoms with Gasteiger partial charge in [-0.15, -0.1) is 0 Å². The standard InChI is InChI=1S/C41H24O/c1-2-11-26-22-27(21-20-25(26)10-1)28-15-9-16-32-34-23-33-31-14-5-8-19-37(31)41(38(33)24-39(34)42-40(28)32)35-17-6-3-12-29(35)30-13-4-7-18-36(30)41/h1-24H. The SMILES string of the molecule is c1ccc2c(c1)-c1ccccc1C21c2ccccc2-c2cc3c(cc21)oc1c(-c2ccc4ccccc4c2)cccc13. The van der Waals surface area contributed by atoms with Crippen molar-refractivity contribution < 1.29 is 4.42 Å². The van der Waals surface area contributed by atoms with E-state index in [1.54, 1.807) is 0 Å². The Morgan fingerprint density at radius 1 is 0.381 bits per heavy atom. The molecule has 1 spiro atoms. The van der Waals surface area contributed by atoms with Gasteiger partial charge in [0.2, 0.25) is 0 Å². The Morgan fingerprint density at radius 3 is 1.69 bits per heavy atom. The molecule has 0 N–H and O–H groups in total. The van der Waals surface area contributed by atoms with E-state index in [0.717, 1.165) is 27.5 Å². The summed E-state index contributed by atoms with van der Waals surface area (Å²) in [6, 6.07) is 53.3. The minimum absolute atomic E-state index is 0.368. The largest absolute Gasteiger partial charge is 0.455 e. The highest BCUT2D eigenvalue weighted by Crippen LogP contribution is 2.63. The van der Waals surface area contributed by atoms with Crippen LogP contribution in [0.15, 0.2) is 150 Å². The molecule has 0 bridgehead atoms. The van der Waals surface area contributed by atoms with Crippen LogP contribution in [0.4, 0.5) is 0 Å². The van der Waals surface area contributed by atoms with Crippen molar-refractivity contribution in [2.45, 2.75) is 5.41 Å². The van der Waals surface area contributed by atoms with Crippen molar-refractivity contribution in [1.29, 1.82) is 0 Å². The molecule has 0 amide bonds. The second-order valence-electron chi connectivity index (χ2n) is 11.6. The maximum Gasteiger partial charge on any atom is 0.143 e. The third-order valence-electron chi connectivity index (χ3n) is 9.67. The lowest BCUT2D eigenvalue weighted by molar-refractivity contribution is 0.667. The molecular formula is C41H24O. The predicted molar refractivity (Wildman–Crippen MR) is 173 cm³/mol. The highest BCUT2D eigenvalue weighted by Gasteiger charge is 2.51. The maximum absolute atomic E-state index is 6.85. The molecule has 42 heavy (non-hydrogen) atoms. The van der Waals surface area contributed by atoms with Gasteiger partial charge >= 0.3 is 0 Å². The Kier molecular flexibility index (Phi) is 4.18. The van der Waals surface area contributed by atoms with Crippen LogP contribution in [0.3, 0.4) is 0 Å². The molecule has 0 saturated carbocycles. The fraction of sp³-hybridized carbons (Fsp3) is 0.0244. The highest BCUT2D eigenvalue weighted by molar-refractivity contribution is 6.12. The molecule has 2 aliphatic carbocycles. The average molecular weight is 533 g/mol. The van der Waals surface area contributed by atoms with Crippen LogP contribution in [0.25, 0.3) is 66.1 Å². The van der Waals surface area contributed by atoms with Gasteiger partial charge in [-0.2, -0.15) is 0 Å². The Morgan fingerprint density at radius 2 is 0.976 bits per heavy atom. The Balaban J connectivity index is 1.30. The van der Waals surface area contributed by atoms with Crippen molar-refractivity contribution in [3.05, 3.63) is 168 Å². The fourth-order valence-corrected chi connectivity index (χ4v) is 7.97. The molecule has 0 aliphatic heterocycles. The van der Waals surface area contributed by atoms with Crippen LogP contribution in [0.2, 0.25) is 0 Å². The summed E-state index contributed by atoms with van der Waals surface area (Å²) >= 11 is 0. The molecule has 10 rings (SSSR count). The number of hydrogen-bond donors (Lipinski definition) is 0. The summed E-state index contributed by atoms with van der Waals surface area (Å²) in [5.74, 6) is 0. The van der Waals surface area contributed by atoms with Crippen molar-refractivity contribution in [1.82, 2.24) is 0 Å². The molecule has 8 aromatic rings. The van der Waals surface area contributed by atoms with Crippen molar-refractivity contribution in [2.75, 3.05) is 0 Å². The lowest BCUT2D eigenvalue weighted by Gasteiger charge is -2.30. The van der Waals surface area contributed by atoms with Crippen LogP contribution >= 0.6 is 0 Å². The summed E-state index contributed by atoms with van der Waals surface area (Å²) in [6.07, 6.45) is 0. The van der Waals surface area contributed by atoms with E-state index in [4.69, 9.17) is 4.42 Å². The zero-order valence-corrected chi connectivity index (χ0v) is 22.8. The summed E-state index contributed by atoms with van der Waals surface area (Å²) in [5, 5.41) is 4.80. The summed E-state index contributed by atoms with van der Waals surface area (Å²) in [6.45, 7) is 0. The van der Waals surface area contributed by atoms with Gasteiger partial charge in [-0.3, -0.25) is 0 Å². The van der Waals surface area contributed by atoms with Crippen LogP contribution in [-0.2, 0) is 5.41 Å². The third kappa shape index (κ3) is 2.64. The number of hydrogen-bond acceptors (Lipinski definition) is 1. The van der Waals surface area contributed by atoms with Crippen molar-refractivity contribution in [3.8, 4) is 33.4 Å². The van der Waals surface area contributed by atoms with E-state index >= 15 is 0 Å². The smallest absolute Gasteiger partial charge is 0.143 e. The van der Waals surface area contributed by atoms with Crippen LogP contribution in [0.5, 0.6) is 0 Å². The number of furan rings is 1. The second kappa shape index (κ2) is 7.87. The first kappa shape index (κ1) is 22.3. The molecule has 1 nitrogen and oxygen atoms in total. The molecule has 1 heteroatoms. The molecule has 0 saturated heterocycles. The van der Waals surface area contributed by atoms with E-state index in [1.807, 2.05) is 0 Å². The van der Waals surface area contributed by atoms with E-state index in [1.165, 1.54) is 60.8 Å². The minimum atomic E-state index is -0.368. The minimum Gasteiger partial charge on any atom is -0.455 e. The Hall–Kier alpha value is -5.40. The van der Waals surface area contributed by atoms with Crippen molar-refractivity contribution in [2.24, 2.45) is 0 Å². The Labute approximate surface area is 243 Å². The first-order valence-electron chi connectivity index (χ1n) is 14.6. The van der Waals surface area contributed by atoms with Gasteiger partial charge in [0.25, 0.3) is 0 Å². The van der Waals surface area contributed by atoms with Crippen LogP contribution in [-0.4, -0.2) is 0 Å². The third-order valence-corrected chi connectivity index (χ3v) is 9.67. The summed E-state index contributed by atoms with van der Waals surface area (Å²) in [4.78, 5) is 0. The number of para-hydroxylation sites is 1. The van der Waals surface area contributed by atoms with Gasteiger partial charge in [0.15, 0.2) is 0 Å². The fourth-order valence-electron chi connectivity index (χ4n) is 7.97. The molecule has 2 aliphatic rings. The average Bonchev–Trinajstić information content (AvgIpc) is 3.67. The molecule has 0 fully saturated rings. The molecule has 0 atom stereocenters. The van der Waals surface area contributed by atoms with Gasteiger partial charge in [0, 0.05) is 16.3 Å². The van der Waals surface area contributed by atoms with Crippen LogP contribution in [0.1, 0.15) is 22.3 Å². The first-order chi connectivity index (χ1) is 20.8. The molecule has 1 heterocycles. The van der Waals surface area contributed by atoms with Gasteiger partial charge in [-0.05, 0) is 79.0 Å². The normalized spacial score (nSPS) is 13.9. The van der Waals surface area contributed by atoms with E-state index < -0.39 is 0 Å². The zero-order valence-electron chi connectivity index (χ0n) is 22.8. The van der Waals surface area contributed by atoms with Gasteiger partial charge in [-0.1, -0.05) is 127 Å². The maximum atomic E-state index is 6.85. The number of rotatable bonds is 1. The first-order valence-corrected chi connectivity index (χ1v) is 14.6. The molecule has 0 radical (unpaired) electrons. The lowest BCUT2D eigenvalue weighted by atomic mass is 9.70. The number of fused-ring (bicyclic) bond motifs is 14. The molecular weight excluding hydrogens is 508 g/mol. The van der Waals surface area contributed by atoms with E-state index in [2.05, 4.69) is 146 Å². The van der Waals surface area contributed by atoms with Crippen molar-refractivity contribution >= 4 is 32.7 Å². The van der Waals surface area contributed by atoms with E-state index in [9.17, 15) is 0 Å². The summed E-state index contributed by atoms with van der Waals surface area (Å²) < 4.78 is 6.85. The summed E-state index contributed by atoms with van der Waals surface area (Å²) in [5.41, 5.74) is 14.4. The monoisotopic (exact) mass is 532 g/mol. The van der Waals surface area contributed by atoms with E-state index in [-0.39, 0.29) is 5.41 Å². The summed E-state index contributed by atoms with van der Waals surface area (Å²) in [7, 11) is 0. The molecule has 0 unspecified atom stereocenters. The van der Waals surface area contributed by atoms with Gasteiger partial charge in [-0.25, -0.2) is 0 Å². The predicted octanol–water partition coefficient (Wildman–Crippen LogP) is 10.7. The van der Waals surface area contributed by atoms with Crippen LogP contribution < -0.4 is 0 Å². The molecule has 194 valence electrons. The van der Waals surface area contributed by atoms with Crippen molar-refractivity contribution in [3.63, 3.8) is 0 Å². The topological polar surface area (TPSA) is 13.1 Å². The van der Waals surface area contributed by atoms with Gasteiger partial charge in [0.05, 0.1) is 5.41 Å². The quantitative estimate of drug-likeness (QED) is 0.205. The van der Waals surface area contributed by atoms with E-state index in [0.29, 0.717) is 0 Å². The lowest BCUT2D eigenvalue weighted by Crippen LogP contribution is -2.25. The van der Waals surface area contributed by atoms with Gasteiger partial charge in [0.1, 0.15) is 11.2 Å². The highest BCUT2D eigenvalue weighted by atomic mass is 16.3. The van der Waals surface area contributed by atoms with Crippen LogP contribution in [0, 0.1) is 0 Å². The Bertz CT molecular complexity index is 2380. The number of benzene rings is 7. The van der Waals surface area contributed by atoms with Gasteiger partial charge < -0.3 is 4.42 Å².